The van der Waals surface area contributed by atoms with Crippen LogP contribution in [0.2, 0.25) is 5.04 Å². The Balaban J connectivity index is 1.83. The third kappa shape index (κ3) is 5.31. The molecule has 0 heterocycles. The van der Waals surface area contributed by atoms with Crippen molar-refractivity contribution in [2.75, 3.05) is 6.61 Å². The molecule has 1 amide bonds. The number of benzene rings is 3. The second-order valence-electron chi connectivity index (χ2n) is 8.78. The lowest BCUT2D eigenvalue weighted by atomic mass is 10.2. The molecule has 162 valence electrons. The SMILES string of the molecule is CC(C)(C)[Si](OC[C@H](N)C(=O)NCc1ccccc1)(c1ccccc1)c1ccccc1. The normalized spacial score (nSPS) is 12.9. The molecule has 0 aliphatic heterocycles. The molecule has 1 atom stereocenters. The van der Waals surface area contributed by atoms with Crippen LogP contribution in [0.3, 0.4) is 0 Å². The Morgan fingerprint density at radius 3 is 1.77 bits per heavy atom. The van der Waals surface area contributed by atoms with E-state index in [0.29, 0.717) is 6.54 Å². The van der Waals surface area contributed by atoms with Crippen molar-refractivity contribution in [1.29, 1.82) is 0 Å². The monoisotopic (exact) mass is 432 g/mol. The van der Waals surface area contributed by atoms with Gasteiger partial charge in [-0.1, -0.05) is 112 Å². The van der Waals surface area contributed by atoms with Gasteiger partial charge in [0.2, 0.25) is 5.91 Å². The van der Waals surface area contributed by atoms with Crippen molar-refractivity contribution in [3.05, 3.63) is 96.6 Å². The summed E-state index contributed by atoms with van der Waals surface area (Å²) in [6, 6.07) is 29.8. The van der Waals surface area contributed by atoms with E-state index in [2.05, 4.69) is 50.4 Å². The molecule has 0 aromatic heterocycles. The fourth-order valence-corrected chi connectivity index (χ4v) is 8.55. The van der Waals surface area contributed by atoms with Gasteiger partial charge >= 0.3 is 0 Å². The number of carbonyl (C=O) groups is 1. The smallest absolute Gasteiger partial charge is 0.261 e. The Kier molecular flexibility index (Phi) is 7.44. The lowest BCUT2D eigenvalue weighted by molar-refractivity contribution is -0.123. The molecule has 3 rings (SSSR count). The molecular formula is C26H32N2O2Si. The maximum Gasteiger partial charge on any atom is 0.261 e. The van der Waals surface area contributed by atoms with E-state index in [-0.39, 0.29) is 17.6 Å². The van der Waals surface area contributed by atoms with Crippen LogP contribution in [0.4, 0.5) is 0 Å². The summed E-state index contributed by atoms with van der Waals surface area (Å²) in [6.45, 7) is 7.24. The first-order valence-electron chi connectivity index (χ1n) is 10.7. The molecule has 3 aromatic carbocycles. The molecule has 0 bridgehead atoms. The van der Waals surface area contributed by atoms with E-state index in [0.717, 1.165) is 5.56 Å². The molecule has 0 aliphatic rings. The van der Waals surface area contributed by atoms with Crippen LogP contribution >= 0.6 is 0 Å². The van der Waals surface area contributed by atoms with E-state index in [1.54, 1.807) is 0 Å². The largest absolute Gasteiger partial charge is 0.405 e. The zero-order valence-corrected chi connectivity index (χ0v) is 19.5. The van der Waals surface area contributed by atoms with Crippen LogP contribution in [0.1, 0.15) is 26.3 Å². The summed E-state index contributed by atoms with van der Waals surface area (Å²) < 4.78 is 6.75. The first-order chi connectivity index (χ1) is 14.8. The summed E-state index contributed by atoms with van der Waals surface area (Å²) >= 11 is 0. The molecule has 31 heavy (non-hydrogen) atoms. The molecule has 0 saturated carbocycles. The number of nitrogens with one attached hydrogen (secondary N) is 1. The first kappa shape index (κ1) is 22.9. The van der Waals surface area contributed by atoms with E-state index in [1.807, 2.05) is 66.7 Å². The van der Waals surface area contributed by atoms with Gasteiger partial charge < -0.3 is 15.5 Å². The van der Waals surface area contributed by atoms with Crippen LogP contribution < -0.4 is 21.4 Å². The van der Waals surface area contributed by atoms with E-state index >= 15 is 0 Å². The number of rotatable bonds is 8. The summed E-state index contributed by atoms with van der Waals surface area (Å²) in [4.78, 5) is 12.7. The van der Waals surface area contributed by atoms with E-state index < -0.39 is 14.4 Å². The molecule has 0 aliphatic carbocycles. The summed E-state index contributed by atoms with van der Waals surface area (Å²) in [5, 5.41) is 5.11. The van der Waals surface area contributed by atoms with Crippen LogP contribution in [0.25, 0.3) is 0 Å². The zero-order chi connectivity index (χ0) is 22.3. The highest BCUT2D eigenvalue weighted by Gasteiger charge is 2.50. The lowest BCUT2D eigenvalue weighted by Crippen LogP contribution is -2.67. The van der Waals surface area contributed by atoms with Crippen LogP contribution in [0.5, 0.6) is 0 Å². The van der Waals surface area contributed by atoms with Crippen molar-refractivity contribution in [2.24, 2.45) is 5.73 Å². The number of hydrogen-bond donors (Lipinski definition) is 2. The highest BCUT2D eigenvalue weighted by atomic mass is 28.4. The molecule has 0 saturated heterocycles. The quantitative estimate of drug-likeness (QED) is 0.537. The molecular weight excluding hydrogens is 400 g/mol. The van der Waals surface area contributed by atoms with Gasteiger partial charge in [-0.2, -0.15) is 0 Å². The van der Waals surface area contributed by atoms with Crippen LogP contribution in [0.15, 0.2) is 91.0 Å². The molecule has 0 radical (unpaired) electrons. The Labute approximate surface area is 186 Å². The second kappa shape index (κ2) is 10.0. The van der Waals surface area contributed by atoms with Crippen molar-refractivity contribution in [3.8, 4) is 0 Å². The van der Waals surface area contributed by atoms with Crippen LogP contribution in [-0.4, -0.2) is 26.9 Å². The van der Waals surface area contributed by atoms with Gasteiger partial charge in [0.15, 0.2) is 0 Å². The number of amides is 1. The molecule has 3 aromatic rings. The molecule has 5 heteroatoms. The summed E-state index contributed by atoms with van der Waals surface area (Å²) in [6.07, 6.45) is 0. The van der Waals surface area contributed by atoms with Crippen molar-refractivity contribution >= 4 is 24.6 Å². The Morgan fingerprint density at radius 1 is 0.871 bits per heavy atom. The second-order valence-corrected chi connectivity index (χ2v) is 13.1. The standard InChI is InChI=1S/C26H32N2O2Si/c1-26(2,3)31(22-15-9-5-10-16-22,23-17-11-6-12-18-23)30-20-24(27)25(29)28-19-21-13-7-4-8-14-21/h4-18,24H,19-20,27H2,1-3H3,(H,28,29)/t24-/m0/s1. The minimum absolute atomic E-state index is 0.157. The molecule has 3 N–H and O–H groups in total. The Morgan fingerprint density at radius 2 is 1.32 bits per heavy atom. The average molecular weight is 433 g/mol. The van der Waals surface area contributed by atoms with Gasteiger partial charge in [-0.25, -0.2) is 0 Å². The topological polar surface area (TPSA) is 64.3 Å². The minimum Gasteiger partial charge on any atom is -0.405 e. The van der Waals surface area contributed by atoms with Gasteiger partial charge in [-0.3, -0.25) is 4.79 Å². The number of carbonyl (C=O) groups excluding carboxylic acids is 1. The van der Waals surface area contributed by atoms with E-state index in [1.165, 1.54) is 10.4 Å². The predicted octanol–water partition coefficient (Wildman–Crippen LogP) is 3.21. The van der Waals surface area contributed by atoms with Crippen molar-refractivity contribution in [2.45, 2.75) is 38.4 Å². The highest BCUT2D eigenvalue weighted by molar-refractivity contribution is 6.99. The fraction of sp³-hybridized carbons (Fsp3) is 0.269. The van der Waals surface area contributed by atoms with E-state index in [9.17, 15) is 4.79 Å². The molecule has 4 nitrogen and oxygen atoms in total. The number of hydrogen-bond acceptors (Lipinski definition) is 3. The maximum atomic E-state index is 12.7. The van der Waals surface area contributed by atoms with Gasteiger partial charge in [0.05, 0.1) is 6.61 Å². The average Bonchev–Trinajstić information content (AvgIpc) is 2.79. The molecule has 0 fully saturated rings. The van der Waals surface area contributed by atoms with Crippen molar-refractivity contribution in [1.82, 2.24) is 5.32 Å². The minimum atomic E-state index is -2.70. The molecule has 0 unspecified atom stereocenters. The van der Waals surface area contributed by atoms with Gasteiger partial charge in [0.25, 0.3) is 8.32 Å². The van der Waals surface area contributed by atoms with Gasteiger partial charge in [0.1, 0.15) is 6.04 Å². The van der Waals surface area contributed by atoms with Crippen molar-refractivity contribution in [3.63, 3.8) is 0 Å². The van der Waals surface area contributed by atoms with Gasteiger partial charge in [-0.15, -0.1) is 0 Å². The molecule has 0 spiro atoms. The van der Waals surface area contributed by atoms with Crippen molar-refractivity contribution < 1.29 is 9.22 Å². The third-order valence-electron chi connectivity index (χ3n) is 5.54. The lowest BCUT2D eigenvalue weighted by Gasteiger charge is -2.43. The summed E-state index contributed by atoms with van der Waals surface area (Å²) in [5.74, 6) is -0.207. The fourth-order valence-electron chi connectivity index (χ4n) is 3.97. The van der Waals surface area contributed by atoms with E-state index in [4.69, 9.17) is 10.2 Å². The van der Waals surface area contributed by atoms with Gasteiger partial charge in [0, 0.05) is 6.54 Å². The Bertz CT molecular complexity index is 917. The number of nitrogens with two attached hydrogens (primary N) is 1. The van der Waals surface area contributed by atoms with Crippen LogP contribution in [0, 0.1) is 0 Å². The predicted molar refractivity (Wildman–Crippen MR) is 130 cm³/mol. The summed E-state index contributed by atoms with van der Waals surface area (Å²) in [7, 11) is -2.70. The van der Waals surface area contributed by atoms with Gasteiger partial charge in [-0.05, 0) is 21.0 Å². The Hall–Kier alpha value is -2.73. The highest BCUT2D eigenvalue weighted by Crippen LogP contribution is 2.36. The zero-order valence-electron chi connectivity index (χ0n) is 18.5. The summed E-state index contributed by atoms with van der Waals surface area (Å²) in [5.41, 5.74) is 7.31. The first-order valence-corrected chi connectivity index (χ1v) is 12.6. The maximum absolute atomic E-state index is 12.7. The third-order valence-corrected chi connectivity index (χ3v) is 10.5. The van der Waals surface area contributed by atoms with Crippen LogP contribution in [-0.2, 0) is 15.8 Å².